The summed E-state index contributed by atoms with van der Waals surface area (Å²) in [6.07, 6.45) is 10.1. The topological polar surface area (TPSA) is 80.6 Å². The molecule has 0 aromatic carbocycles. The van der Waals surface area contributed by atoms with Gasteiger partial charge in [-0.05, 0) is 31.4 Å². The first kappa shape index (κ1) is 14.8. The molecule has 1 saturated carbocycles. The number of pyridine rings is 1. The van der Waals surface area contributed by atoms with Crippen molar-refractivity contribution in [3.63, 3.8) is 0 Å². The Morgan fingerprint density at radius 3 is 3.00 bits per heavy atom. The number of hydrogen-bond acceptors (Lipinski definition) is 3. The fraction of sp³-hybridized carbons (Fsp3) is 0.562. The van der Waals surface area contributed by atoms with Crippen LogP contribution in [-0.4, -0.2) is 33.1 Å². The van der Waals surface area contributed by atoms with Gasteiger partial charge in [0.2, 0.25) is 0 Å². The van der Waals surface area contributed by atoms with Gasteiger partial charge in [-0.1, -0.05) is 25.3 Å². The third-order valence-corrected chi connectivity index (χ3v) is 4.18. The lowest BCUT2D eigenvalue weighted by Gasteiger charge is -2.23. The molecule has 2 aromatic heterocycles. The molecule has 1 aliphatic rings. The molecule has 1 aliphatic carbocycles. The summed E-state index contributed by atoms with van der Waals surface area (Å²) in [5.74, 6) is 1.56. The number of nitrogens with zero attached hydrogens (tertiary/aromatic N) is 4. The van der Waals surface area contributed by atoms with Gasteiger partial charge in [0.1, 0.15) is 5.82 Å². The molecular formula is C16H24N6. The van der Waals surface area contributed by atoms with Crippen molar-refractivity contribution >= 4 is 11.6 Å². The average Bonchev–Trinajstić information content (AvgIpc) is 2.96. The maximum atomic E-state index is 5.96. The van der Waals surface area contributed by atoms with E-state index in [1.165, 1.54) is 32.1 Å². The van der Waals surface area contributed by atoms with E-state index in [1.807, 2.05) is 28.8 Å². The lowest BCUT2D eigenvalue weighted by molar-refractivity contribution is 0.412. The molecule has 0 radical (unpaired) electrons. The van der Waals surface area contributed by atoms with Crippen molar-refractivity contribution in [1.82, 2.24) is 19.9 Å². The van der Waals surface area contributed by atoms with Crippen LogP contribution in [0.15, 0.2) is 29.4 Å². The van der Waals surface area contributed by atoms with E-state index in [4.69, 9.17) is 5.73 Å². The summed E-state index contributed by atoms with van der Waals surface area (Å²) >= 11 is 0. The first-order valence-electron chi connectivity index (χ1n) is 8.18. The number of hydrogen-bond donors (Lipinski definition) is 2. The van der Waals surface area contributed by atoms with Crippen LogP contribution in [0.4, 0.5) is 0 Å². The second-order valence-corrected chi connectivity index (χ2v) is 5.89. The van der Waals surface area contributed by atoms with Crippen molar-refractivity contribution in [3.8, 4) is 0 Å². The first-order chi connectivity index (χ1) is 10.8. The number of fused-ring (bicyclic) bond motifs is 1. The predicted molar refractivity (Wildman–Crippen MR) is 87.8 cm³/mol. The van der Waals surface area contributed by atoms with Crippen molar-refractivity contribution in [2.24, 2.45) is 10.7 Å². The highest BCUT2D eigenvalue weighted by Crippen LogP contribution is 2.17. The number of aryl methyl sites for hydroxylation is 1. The smallest absolute Gasteiger partial charge is 0.188 e. The molecule has 0 aliphatic heterocycles. The molecule has 0 unspecified atom stereocenters. The lowest BCUT2D eigenvalue weighted by Crippen LogP contribution is -2.41. The average molecular weight is 300 g/mol. The highest BCUT2D eigenvalue weighted by molar-refractivity contribution is 5.78. The highest BCUT2D eigenvalue weighted by Gasteiger charge is 2.13. The molecule has 2 aromatic rings. The molecule has 3 rings (SSSR count). The SMILES string of the molecule is NC(=NCCCc1nnc2ccccn12)NC1CCCCC1. The maximum Gasteiger partial charge on any atom is 0.188 e. The zero-order valence-corrected chi connectivity index (χ0v) is 12.9. The van der Waals surface area contributed by atoms with Crippen LogP contribution in [0, 0.1) is 0 Å². The summed E-state index contributed by atoms with van der Waals surface area (Å²) in [4.78, 5) is 4.42. The Bertz CT molecular complexity index is 626. The van der Waals surface area contributed by atoms with Crippen molar-refractivity contribution in [2.45, 2.75) is 51.0 Å². The summed E-state index contributed by atoms with van der Waals surface area (Å²) in [5, 5.41) is 11.7. The fourth-order valence-corrected chi connectivity index (χ4v) is 3.00. The van der Waals surface area contributed by atoms with Crippen molar-refractivity contribution in [1.29, 1.82) is 0 Å². The number of aliphatic imine (C=N–C) groups is 1. The van der Waals surface area contributed by atoms with Crippen LogP contribution in [-0.2, 0) is 6.42 Å². The van der Waals surface area contributed by atoms with Gasteiger partial charge in [0.15, 0.2) is 11.6 Å². The van der Waals surface area contributed by atoms with E-state index < -0.39 is 0 Å². The normalized spacial score (nSPS) is 17.0. The summed E-state index contributed by atoms with van der Waals surface area (Å²) in [5.41, 5.74) is 6.85. The third-order valence-electron chi connectivity index (χ3n) is 4.18. The van der Waals surface area contributed by atoms with Crippen LogP contribution >= 0.6 is 0 Å². The second kappa shape index (κ2) is 7.24. The quantitative estimate of drug-likeness (QED) is 0.502. The molecule has 0 amide bonds. The number of nitrogens with one attached hydrogen (secondary N) is 1. The van der Waals surface area contributed by atoms with E-state index in [9.17, 15) is 0 Å². The van der Waals surface area contributed by atoms with Gasteiger partial charge in [-0.3, -0.25) is 9.39 Å². The standard InChI is InChI=1S/C16H24N6/c17-16(19-13-7-2-1-3-8-13)18-11-6-10-15-21-20-14-9-4-5-12-22(14)15/h4-5,9,12-13H,1-3,6-8,10-11H2,(H3,17,18,19). The fourth-order valence-electron chi connectivity index (χ4n) is 3.00. The van der Waals surface area contributed by atoms with E-state index in [1.54, 1.807) is 0 Å². The lowest BCUT2D eigenvalue weighted by atomic mass is 9.96. The van der Waals surface area contributed by atoms with Crippen LogP contribution in [0.1, 0.15) is 44.3 Å². The number of guanidine groups is 1. The Labute approximate surface area is 130 Å². The van der Waals surface area contributed by atoms with E-state index in [0.29, 0.717) is 18.5 Å². The molecule has 6 heteroatoms. The molecule has 2 heterocycles. The van der Waals surface area contributed by atoms with Crippen LogP contribution < -0.4 is 11.1 Å². The van der Waals surface area contributed by atoms with Gasteiger partial charge in [-0.15, -0.1) is 10.2 Å². The molecule has 0 atom stereocenters. The third kappa shape index (κ3) is 3.75. The molecule has 0 spiro atoms. The van der Waals surface area contributed by atoms with Crippen LogP contribution in [0.3, 0.4) is 0 Å². The number of nitrogens with two attached hydrogens (primary N) is 1. The molecule has 3 N–H and O–H groups in total. The largest absolute Gasteiger partial charge is 0.370 e. The number of aromatic nitrogens is 3. The minimum absolute atomic E-state index is 0.512. The van der Waals surface area contributed by atoms with Gasteiger partial charge >= 0.3 is 0 Å². The summed E-state index contributed by atoms with van der Waals surface area (Å²) < 4.78 is 2.02. The van der Waals surface area contributed by atoms with Gasteiger partial charge < -0.3 is 11.1 Å². The van der Waals surface area contributed by atoms with Crippen LogP contribution in [0.5, 0.6) is 0 Å². The van der Waals surface area contributed by atoms with E-state index in [-0.39, 0.29) is 0 Å². The number of rotatable bonds is 5. The highest BCUT2D eigenvalue weighted by atomic mass is 15.2. The van der Waals surface area contributed by atoms with Crippen molar-refractivity contribution in [2.75, 3.05) is 6.54 Å². The zero-order valence-electron chi connectivity index (χ0n) is 12.9. The van der Waals surface area contributed by atoms with Gasteiger partial charge in [0, 0.05) is 25.2 Å². The van der Waals surface area contributed by atoms with Gasteiger partial charge in [0.05, 0.1) is 0 Å². The minimum atomic E-state index is 0.512. The van der Waals surface area contributed by atoms with Gasteiger partial charge in [-0.25, -0.2) is 0 Å². The monoisotopic (exact) mass is 300 g/mol. The molecule has 6 nitrogen and oxygen atoms in total. The molecule has 22 heavy (non-hydrogen) atoms. The molecule has 1 fully saturated rings. The Morgan fingerprint density at radius 1 is 1.27 bits per heavy atom. The van der Waals surface area contributed by atoms with Crippen molar-refractivity contribution < 1.29 is 0 Å². The summed E-state index contributed by atoms with van der Waals surface area (Å²) in [6, 6.07) is 6.43. The van der Waals surface area contributed by atoms with E-state index in [0.717, 1.165) is 24.3 Å². The van der Waals surface area contributed by atoms with E-state index in [2.05, 4.69) is 20.5 Å². The molecule has 118 valence electrons. The minimum Gasteiger partial charge on any atom is -0.370 e. The van der Waals surface area contributed by atoms with Gasteiger partial charge in [0.25, 0.3) is 0 Å². The second-order valence-electron chi connectivity index (χ2n) is 5.89. The summed E-state index contributed by atoms with van der Waals surface area (Å²) in [6.45, 7) is 0.716. The van der Waals surface area contributed by atoms with Crippen LogP contribution in [0.2, 0.25) is 0 Å². The van der Waals surface area contributed by atoms with E-state index >= 15 is 0 Å². The van der Waals surface area contributed by atoms with Gasteiger partial charge in [-0.2, -0.15) is 0 Å². The summed E-state index contributed by atoms with van der Waals surface area (Å²) in [7, 11) is 0. The Morgan fingerprint density at radius 2 is 2.14 bits per heavy atom. The maximum absolute atomic E-state index is 5.96. The Balaban J connectivity index is 1.45. The molecule has 0 saturated heterocycles. The van der Waals surface area contributed by atoms with Crippen molar-refractivity contribution in [3.05, 3.63) is 30.2 Å². The Kier molecular flexibility index (Phi) is 4.88. The predicted octanol–water partition coefficient (Wildman–Crippen LogP) is 1.90. The molecule has 0 bridgehead atoms. The first-order valence-corrected chi connectivity index (χ1v) is 8.18. The Hall–Kier alpha value is -2.11. The molecular weight excluding hydrogens is 276 g/mol. The zero-order chi connectivity index (χ0) is 15.2. The van der Waals surface area contributed by atoms with Crippen LogP contribution in [0.25, 0.3) is 5.65 Å².